The Morgan fingerprint density at radius 1 is 0.333 bits per heavy atom. The maximum Gasteiger partial charge on any atom is 0.0647 e. The third kappa shape index (κ3) is 4.85. The van der Waals surface area contributed by atoms with Crippen LogP contribution in [0.1, 0.15) is 0 Å². The maximum atomic E-state index is 2.49. The van der Waals surface area contributed by atoms with Gasteiger partial charge in [-0.1, -0.05) is 164 Å². The zero-order valence-corrected chi connectivity index (χ0v) is 30.2. The smallest absolute Gasteiger partial charge is 0.0647 e. The van der Waals surface area contributed by atoms with Crippen molar-refractivity contribution in [1.82, 2.24) is 0 Å². The summed E-state index contributed by atoms with van der Waals surface area (Å²) in [5.41, 5.74) is 8.28. The molecule has 11 aromatic rings. The molecule has 252 valence electrons. The molecular formula is C52H33NS. The number of hydrogen-bond acceptors (Lipinski definition) is 2. The van der Waals surface area contributed by atoms with Crippen LogP contribution in [0.25, 0.3) is 85.5 Å². The second-order valence-electron chi connectivity index (χ2n) is 14.0. The minimum Gasteiger partial charge on any atom is -0.308 e. The summed E-state index contributed by atoms with van der Waals surface area (Å²) in [6.45, 7) is 0. The number of anilines is 3. The van der Waals surface area contributed by atoms with E-state index in [9.17, 15) is 0 Å². The molecule has 0 saturated carbocycles. The highest BCUT2D eigenvalue weighted by Gasteiger charge is 2.23. The van der Waals surface area contributed by atoms with Gasteiger partial charge in [-0.25, -0.2) is 0 Å². The molecule has 0 atom stereocenters. The van der Waals surface area contributed by atoms with E-state index in [-0.39, 0.29) is 0 Å². The molecule has 0 bridgehead atoms. The fraction of sp³-hybridized carbons (Fsp3) is 0. The van der Waals surface area contributed by atoms with Crippen molar-refractivity contribution in [3.8, 4) is 22.3 Å². The minimum absolute atomic E-state index is 1.12. The van der Waals surface area contributed by atoms with E-state index in [4.69, 9.17) is 0 Å². The Labute approximate surface area is 317 Å². The lowest BCUT2D eigenvalue weighted by Crippen LogP contribution is -2.11. The highest BCUT2D eigenvalue weighted by Crippen LogP contribution is 2.50. The van der Waals surface area contributed by atoms with Crippen molar-refractivity contribution in [3.63, 3.8) is 0 Å². The molecule has 10 aromatic carbocycles. The summed E-state index contributed by atoms with van der Waals surface area (Å²) >= 11 is 1.88. The number of para-hydroxylation sites is 1. The maximum absolute atomic E-state index is 2.49. The number of benzene rings is 10. The molecule has 0 saturated heterocycles. The van der Waals surface area contributed by atoms with Gasteiger partial charge in [0.1, 0.15) is 0 Å². The number of rotatable bonds is 5. The molecule has 0 spiro atoms. The molecule has 0 aliphatic carbocycles. The fourth-order valence-electron chi connectivity index (χ4n) is 8.56. The van der Waals surface area contributed by atoms with E-state index < -0.39 is 0 Å². The predicted molar refractivity (Wildman–Crippen MR) is 235 cm³/mol. The summed E-state index contributed by atoms with van der Waals surface area (Å²) in [5, 5.41) is 12.8. The van der Waals surface area contributed by atoms with Gasteiger partial charge in [0, 0.05) is 26.7 Å². The van der Waals surface area contributed by atoms with Crippen LogP contribution in [0.3, 0.4) is 0 Å². The molecular weight excluding hydrogens is 671 g/mol. The average Bonchev–Trinajstić information content (AvgIpc) is 3.64. The van der Waals surface area contributed by atoms with Gasteiger partial charge < -0.3 is 4.90 Å². The van der Waals surface area contributed by atoms with Crippen molar-refractivity contribution < 1.29 is 0 Å². The standard InChI is InChI=1S/C52H33NS/c1-2-14-34(15-3-1)40-19-10-12-24-47(40)53(48-33-38-18-6-9-22-43(38)51-45-23-11-13-25-49(45)54-52(48)51)39-29-26-36(27-30-39)46-32-37-17-5-8-21-42(37)50-41-20-7-4-16-35(41)28-31-44(46)50/h1-33H. The largest absolute Gasteiger partial charge is 0.308 e. The molecule has 0 unspecified atom stereocenters. The fourth-order valence-corrected chi connectivity index (χ4v) is 9.78. The lowest BCUT2D eigenvalue weighted by molar-refractivity contribution is 1.30. The predicted octanol–water partition coefficient (Wildman–Crippen LogP) is 15.5. The molecule has 11 rings (SSSR count). The lowest BCUT2D eigenvalue weighted by atomic mass is 9.90. The van der Waals surface area contributed by atoms with Gasteiger partial charge in [0.05, 0.1) is 16.1 Å². The van der Waals surface area contributed by atoms with E-state index in [1.807, 2.05) is 11.3 Å². The highest BCUT2D eigenvalue weighted by molar-refractivity contribution is 7.26. The van der Waals surface area contributed by atoms with Gasteiger partial charge in [-0.05, 0) is 96.2 Å². The SMILES string of the molecule is c1ccc(-c2ccccc2N(c2ccc(-c3cc4ccccc4c4c3ccc3ccccc34)cc2)c2cc3ccccc3c3c2sc2ccccc23)cc1. The molecule has 0 radical (unpaired) electrons. The first-order chi connectivity index (χ1) is 26.8. The van der Waals surface area contributed by atoms with E-state index >= 15 is 0 Å². The Balaban J connectivity index is 1.17. The van der Waals surface area contributed by atoms with Crippen molar-refractivity contribution in [2.75, 3.05) is 4.90 Å². The van der Waals surface area contributed by atoms with Crippen molar-refractivity contribution in [1.29, 1.82) is 0 Å². The molecule has 1 aromatic heterocycles. The van der Waals surface area contributed by atoms with Crippen molar-refractivity contribution in [2.45, 2.75) is 0 Å². The first kappa shape index (κ1) is 30.8. The van der Waals surface area contributed by atoms with E-state index in [0.29, 0.717) is 0 Å². The van der Waals surface area contributed by atoms with Crippen LogP contribution in [0.5, 0.6) is 0 Å². The van der Waals surface area contributed by atoms with Crippen LogP contribution in [-0.4, -0.2) is 0 Å². The average molecular weight is 704 g/mol. The van der Waals surface area contributed by atoms with Crippen LogP contribution in [0.2, 0.25) is 0 Å². The highest BCUT2D eigenvalue weighted by atomic mass is 32.1. The Morgan fingerprint density at radius 3 is 1.69 bits per heavy atom. The number of thiophene rings is 1. The topological polar surface area (TPSA) is 3.24 Å². The van der Waals surface area contributed by atoms with Crippen LogP contribution in [-0.2, 0) is 0 Å². The van der Waals surface area contributed by atoms with Gasteiger partial charge in [-0.2, -0.15) is 0 Å². The molecule has 2 heteroatoms. The monoisotopic (exact) mass is 703 g/mol. The summed E-state index contributed by atoms with van der Waals surface area (Å²) < 4.78 is 2.58. The van der Waals surface area contributed by atoms with Gasteiger partial charge in [0.2, 0.25) is 0 Å². The second-order valence-corrected chi connectivity index (χ2v) is 15.1. The van der Waals surface area contributed by atoms with E-state index in [2.05, 4.69) is 205 Å². The minimum atomic E-state index is 1.12. The Kier molecular flexibility index (Phi) is 7.11. The first-order valence-corrected chi connectivity index (χ1v) is 19.3. The van der Waals surface area contributed by atoms with Gasteiger partial charge in [0.25, 0.3) is 0 Å². The molecule has 1 nitrogen and oxygen atoms in total. The van der Waals surface area contributed by atoms with Crippen molar-refractivity contribution in [2.24, 2.45) is 0 Å². The van der Waals surface area contributed by atoms with Crippen molar-refractivity contribution >= 4 is 91.7 Å². The molecule has 0 aliphatic rings. The summed E-state index contributed by atoms with van der Waals surface area (Å²) in [6.07, 6.45) is 0. The lowest BCUT2D eigenvalue weighted by Gasteiger charge is -2.29. The third-order valence-corrected chi connectivity index (χ3v) is 12.2. The first-order valence-electron chi connectivity index (χ1n) is 18.5. The molecule has 54 heavy (non-hydrogen) atoms. The summed E-state index contributed by atoms with van der Waals surface area (Å²) in [5.74, 6) is 0. The van der Waals surface area contributed by atoms with Gasteiger partial charge in [-0.3, -0.25) is 0 Å². The summed E-state index contributed by atoms with van der Waals surface area (Å²) in [6, 6.07) is 73.4. The summed E-state index contributed by atoms with van der Waals surface area (Å²) in [7, 11) is 0. The molecule has 0 N–H and O–H groups in total. The van der Waals surface area contributed by atoms with E-state index in [1.165, 1.54) is 91.2 Å². The Bertz CT molecular complexity index is 3200. The van der Waals surface area contributed by atoms with Crippen LogP contribution in [0.4, 0.5) is 17.1 Å². The molecule has 1 heterocycles. The van der Waals surface area contributed by atoms with Gasteiger partial charge in [-0.15, -0.1) is 11.3 Å². The number of nitrogens with zero attached hydrogens (tertiary/aromatic N) is 1. The van der Waals surface area contributed by atoms with Gasteiger partial charge >= 0.3 is 0 Å². The third-order valence-electron chi connectivity index (χ3n) is 11.0. The zero-order valence-electron chi connectivity index (χ0n) is 29.4. The molecule has 0 amide bonds. The normalized spacial score (nSPS) is 11.7. The quantitative estimate of drug-likeness (QED) is 0.161. The van der Waals surface area contributed by atoms with Crippen molar-refractivity contribution in [3.05, 3.63) is 200 Å². The Hall–Kier alpha value is -6.74. The summed E-state index contributed by atoms with van der Waals surface area (Å²) in [4.78, 5) is 2.49. The zero-order chi connectivity index (χ0) is 35.6. The van der Waals surface area contributed by atoms with Crippen LogP contribution in [0.15, 0.2) is 200 Å². The van der Waals surface area contributed by atoms with Crippen LogP contribution < -0.4 is 4.90 Å². The van der Waals surface area contributed by atoms with Crippen LogP contribution in [0, 0.1) is 0 Å². The van der Waals surface area contributed by atoms with E-state index in [1.54, 1.807) is 0 Å². The number of fused-ring (bicyclic) bond motifs is 10. The molecule has 0 fully saturated rings. The second kappa shape index (κ2) is 12.4. The van der Waals surface area contributed by atoms with Crippen LogP contribution >= 0.6 is 11.3 Å². The Morgan fingerprint density at radius 2 is 0.907 bits per heavy atom. The van der Waals surface area contributed by atoms with E-state index in [0.717, 1.165) is 11.4 Å². The number of hydrogen-bond donors (Lipinski definition) is 0. The molecule has 0 aliphatic heterocycles. The van der Waals surface area contributed by atoms with Gasteiger partial charge in [0.15, 0.2) is 0 Å².